The van der Waals surface area contributed by atoms with Gasteiger partial charge in [0.05, 0.1) is 47.1 Å². The molecule has 0 bridgehead atoms. The van der Waals surface area contributed by atoms with Gasteiger partial charge >= 0.3 is 0 Å². The van der Waals surface area contributed by atoms with Crippen molar-refractivity contribution in [1.82, 2.24) is 29.3 Å². The Morgan fingerprint density at radius 1 is 1.23 bits per heavy atom. The minimum absolute atomic E-state index is 0.0252. The van der Waals surface area contributed by atoms with E-state index < -0.39 is 0 Å². The fraction of sp³-hybridized carbons (Fsp3) is 0.167. The maximum Gasteiger partial charge on any atom is 0.160 e. The minimum Gasteiger partial charge on any atom is -0.395 e. The number of nitrogens with one attached hydrogen (secondary N) is 1. The molecule has 130 valence electrons. The number of aliphatic hydroxyl groups is 1. The second kappa shape index (κ2) is 5.37. The number of rotatable bonds is 3. The molecular formula is C18H15FN6O. The first kappa shape index (κ1) is 15.0. The first-order chi connectivity index (χ1) is 12.7. The number of halogens is 1. The molecule has 5 aromatic rings. The molecule has 0 aliphatic heterocycles. The molecule has 1 aromatic carbocycles. The fourth-order valence-corrected chi connectivity index (χ4v) is 3.50. The van der Waals surface area contributed by atoms with E-state index in [1.54, 1.807) is 18.6 Å². The molecule has 0 saturated heterocycles. The molecule has 0 fully saturated rings. The van der Waals surface area contributed by atoms with E-state index in [0.29, 0.717) is 6.54 Å². The third-order valence-electron chi connectivity index (χ3n) is 4.67. The van der Waals surface area contributed by atoms with Crippen molar-refractivity contribution in [1.29, 1.82) is 0 Å². The Morgan fingerprint density at radius 3 is 2.96 bits per heavy atom. The zero-order valence-corrected chi connectivity index (χ0v) is 13.9. The Balaban J connectivity index is 1.84. The van der Waals surface area contributed by atoms with Crippen molar-refractivity contribution in [3.05, 3.63) is 48.3 Å². The average molecular weight is 350 g/mol. The number of imidazole rings is 1. The number of aliphatic hydroxyl groups excluding tert-OH is 1. The number of nitrogens with zero attached hydrogens (tertiary/aromatic N) is 5. The van der Waals surface area contributed by atoms with Crippen molar-refractivity contribution >= 4 is 33.1 Å². The first-order valence-electron chi connectivity index (χ1n) is 8.24. The topological polar surface area (TPSA) is 84.5 Å². The lowest BCUT2D eigenvalue weighted by molar-refractivity contribution is 0.277. The van der Waals surface area contributed by atoms with Gasteiger partial charge in [-0.25, -0.2) is 14.4 Å². The second-order valence-electron chi connectivity index (χ2n) is 6.22. The number of aromatic amines is 1. The van der Waals surface area contributed by atoms with E-state index >= 15 is 0 Å². The van der Waals surface area contributed by atoms with Gasteiger partial charge in [0, 0.05) is 11.9 Å². The van der Waals surface area contributed by atoms with Gasteiger partial charge in [-0.2, -0.15) is 5.10 Å². The van der Waals surface area contributed by atoms with Crippen LogP contribution < -0.4 is 0 Å². The number of fused-ring (bicyclic) bond motifs is 4. The van der Waals surface area contributed by atoms with Crippen LogP contribution >= 0.6 is 0 Å². The van der Waals surface area contributed by atoms with Gasteiger partial charge in [0.15, 0.2) is 5.65 Å². The molecule has 0 radical (unpaired) electrons. The Bertz CT molecular complexity index is 1280. The van der Waals surface area contributed by atoms with Gasteiger partial charge in [0.25, 0.3) is 0 Å². The molecule has 5 rings (SSSR count). The average Bonchev–Trinajstić information content (AvgIpc) is 3.30. The number of benzene rings is 1. The zero-order chi connectivity index (χ0) is 17.8. The van der Waals surface area contributed by atoms with Crippen molar-refractivity contribution < 1.29 is 9.50 Å². The van der Waals surface area contributed by atoms with E-state index in [-0.39, 0.29) is 12.4 Å². The maximum atomic E-state index is 13.8. The molecule has 7 nitrogen and oxygen atoms in total. The molecule has 0 aliphatic rings. The van der Waals surface area contributed by atoms with Gasteiger partial charge in [-0.3, -0.25) is 5.10 Å². The molecule has 0 amide bonds. The van der Waals surface area contributed by atoms with Crippen LogP contribution in [0.2, 0.25) is 0 Å². The second-order valence-corrected chi connectivity index (χ2v) is 6.22. The van der Waals surface area contributed by atoms with E-state index in [1.807, 2.05) is 22.1 Å². The molecule has 0 aliphatic carbocycles. The van der Waals surface area contributed by atoms with E-state index in [1.165, 1.54) is 12.1 Å². The SMILES string of the molecule is Cc1nc2c(cc1-n1c3ccc(F)cc3c3[nH]ncc31)ncn2CCO. The molecule has 0 atom stereocenters. The van der Waals surface area contributed by atoms with Crippen molar-refractivity contribution in [3.63, 3.8) is 0 Å². The van der Waals surface area contributed by atoms with Crippen LogP contribution in [0.4, 0.5) is 4.39 Å². The van der Waals surface area contributed by atoms with Crippen LogP contribution in [0.25, 0.3) is 38.8 Å². The summed E-state index contributed by atoms with van der Waals surface area (Å²) < 4.78 is 17.6. The highest BCUT2D eigenvalue weighted by Crippen LogP contribution is 2.32. The standard InChI is InChI=1S/C18H15FN6O/c1-10-15(7-13-18(22-10)24(4-5-26)9-20-13)25-14-3-2-11(19)6-12(14)17-16(25)8-21-23-17/h2-3,6-9,26H,4-5H2,1H3,(H,21,23). The summed E-state index contributed by atoms with van der Waals surface area (Å²) in [5.41, 5.74) is 5.63. The Morgan fingerprint density at radius 2 is 2.12 bits per heavy atom. The van der Waals surface area contributed by atoms with E-state index in [0.717, 1.165) is 44.5 Å². The van der Waals surface area contributed by atoms with Gasteiger partial charge in [0.1, 0.15) is 11.3 Å². The normalized spacial score (nSPS) is 12.0. The predicted octanol–water partition coefficient (Wildman–Crippen LogP) is 2.69. The summed E-state index contributed by atoms with van der Waals surface area (Å²) in [5, 5.41) is 17.0. The van der Waals surface area contributed by atoms with Crippen LogP contribution in [0.1, 0.15) is 5.69 Å². The third kappa shape index (κ3) is 1.99. The summed E-state index contributed by atoms with van der Waals surface area (Å²) >= 11 is 0. The summed E-state index contributed by atoms with van der Waals surface area (Å²) in [6.07, 6.45) is 3.40. The molecule has 2 N–H and O–H groups in total. The highest BCUT2D eigenvalue weighted by Gasteiger charge is 2.18. The summed E-state index contributed by atoms with van der Waals surface area (Å²) in [5.74, 6) is -0.292. The third-order valence-corrected chi connectivity index (χ3v) is 4.67. The number of H-pyrrole nitrogens is 1. The Kier molecular flexibility index (Phi) is 3.10. The largest absolute Gasteiger partial charge is 0.395 e. The molecule has 8 heteroatoms. The van der Waals surface area contributed by atoms with E-state index in [4.69, 9.17) is 0 Å². The Hall–Kier alpha value is -3.26. The van der Waals surface area contributed by atoms with Crippen LogP contribution in [-0.2, 0) is 6.54 Å². The molecule has 0 unspecified atom stereocenters. The minimum atomic E-state index is -0.292. The summed E-state index contributed by atoms with van der Waals surface area (Å²) in [6, 6.07) is 6.67. The number of hydrogen-bond donors (Lipinski definition) is 2. The van der Waals surface area contributed by atoms with Crippen molar-refractivity contribution in [2.24, 2.45) is 0 Å². The molecule has 4 heterocycles. The number of aryl methyl sites for hydroxylation is 1. The lowest BCUT2D eigenvalue weighted by Gasteiger charge is -2.10. The summed E-state index contributed by atoms with van der Waals surface area (Å²) in [6.45, 7) is 2.39. The van der Waals surface area contributed by atoms with Gasteiger partial charge in [-0.1, -0.05) is 0 Å². The van der Waals surface area contributed by atoms with Gasteiger partial charge in [-0.05, 0) is 31.2 Å². The monoisotopic (exact) mass is 350 g/mol. The number of pyridine rings is 1. The zero-order valence-electron chi connectivity index (χ0n) is 13.9. The highest BCUT2D eigenvalue weighted by atomic mass is 19.1. The van der Waals surface area contributed by atoms with Gasteiger partial charge in [0.2, 0.25) is 0 Å². The number of hydrogen-bond acceptors (Lipinski definition) is 4. The number of aromatic nitrogens is 6. The molecule has 26 heavy (non-hydrogen) atoms. The van der Waals surface area contributed by atoms with Crippen LogP contribution in [0.5, 0.6) is 0 Å². The summed E-state index contributed by atoms with van der Waals surface area (Å²) in [7, 11) is 0. The molecule has 0 spiro atoms. The highest BCUT2D eigenvalue weighted by molar-refractivity contribution is 6.07. The van der Waals surface area contributed by atoms with Crippen molar-refractivity contribution in [2.75, 3.05) is 6.61 Å². The van der Waals surface area contributed by atoms with Gasteiger partial charge in [-0.15, -0.1) is 0 Å². The van der Waals surface area contributed by atoms with Crippen LogP contribution in [0, 0.1) is 12.7 Å². The van der Waals surface area contributed by atoms with Crippen molar-refractivity contribution in [2.45, 2.75) is 13.5 Å². The van der Waals surface area contributed by atoms with Crippen LogP contribution in [0.3, 0.4) is 0 Å². The van der Waals surface area contributed by atoms with Crippen molar-refractivity contribution in [3.8, 4) is 5.69 Å². The maximum absolute atomic E-state index is 13.8. The molecule has 0 saturated carbocycles. The van der Waals surface area contributed by atoms with E-state index in [9.17, 15) is 9.50 Å². The molecule has 4 aromatic heterocycles. The Labute approximate surface area is 146 Å². The smallest absolute Gasteiger partial charge is 0.160 e. The predicted molar refractivity (Wildman–Crippen MR) is 95.8 cm³/mol. The molecular weight excluding hydrogens is 335 g/mol. The fourth-order valence-electron chi connectivity index (χ4n) is 3.50. The van der Waals surface area contributed by atoms with Crippen LogP contribution in [0.15, 0.2) is 36.8 Å². The quantitative estimate of drug-likeness (QED) is 0.524. The van der Waals surface area contributed by atoms with E-state index in [2.05, 4.69) is 20.2 Å². The van der Waals surface area contributed by atoms with Crippen LogP contribution in [-0.4, -0.2) is 41.0 Å². The summed E-state index contributed by atoms with van der Waals surface area (Å²) in [4.78, 5) is 9.09. The first-order valence-corrected chi connectivity index (χ1v) is 8.24. The van der Waals surface area contributed by atoms with Gasteiger partial charge < -0.3 is 14.2 Å². The lowest BCUT2D eigenvalue weighted by atomic mass is 10.2. The lowest BCUT2D eigenvalue weighted by Crippen LogP contribution is -2.04.